The van der Waals surface area contributed by atoms with Crippen molar-refractivity contribution in [1.82, 2.24) is 4.31 Å². The zero-order valence-electron chi connectivity index (χ0n) is 11.3. The Morgan fingerprint density at radius 3 is 2.40 bits per heavy atom. The maximum Gasteiger partial charge on any atom is 0.304 e. The molecule has 0 aliphatic carbocycles. The molecule has 7 nitrogen and oxygen atoms in total. The Labute approximate surface area is 121 Å². The molecule has 0 bridgehead atoms. The van der Waals surface area contributed by atoms with Gasteiger partial charge in [0.2, 0.25) is 0 Å². The van der Waals surface area contributed by atoms with Crippen molar-refractivity contribution >= 4 is 32.0 Å². The number of nitro groups is 1. The number of sulfonamides is 1. The van der Waals surface area contributed by atoms with Gasteiger partial charge in [0, 0.05) is 18.2 Å². The van der Waals surface area contributed by atoms with E-state index in [1.165, 1.54) is 4.31 Å². The van der Waals surface area contributed by atoms with Crippen LogP contribution in [0.4, 0.5) is 10.7 Å². The monoisotopic (exact) mass is 319 g/mol. The van der Waals surface area contributed by atoms with E-state index in [0.717, 1.165) is 36.7 Å². The highest BCUT2D eigenvalue weighted by atomic mass is 32.2. The average molecular weight is 319 g/mol. The van der Waals surface area contributed by atoms with E-state index in [0.29, 0.717) is 0 Å². The molecular weight excluding hydrogens is 302 g/mol. The Morgan fingerprint density at radius 2 is 1.95 bits per heavy atom. The molecule has 9 heteroatoms. The van der Waals surface area contributed by atoms with Crippen LogP contribution in [0.1, 0.15) is 33.1 Å². The highest BCUT2D eigenvalue weighted by molar-refractivity contribution is 7.91. The van der Waals surface area contributed by atoms with Crippen LogP contribution < -0.4 is 5.73 Å². The van der Waals surface area contributed by atoms with Crippen molar-refractivity contribution in [3.8, 4) is 0 Å². The topological polar surface area (TPSA) is 107 Å². The van der Waals surface area contributed by atoms with Crippen LogP contribution in [0.25, 0.3) is 0 Å². The van der Waals surface area contributed by atoms with Gasteiger partial charge in [0.05, 0.1) is 4.92 Å². The number of nitrogens with two attached hydrogens (primary N) is 1. The van der Waals surface area contributed by atoms with Crippen molar-refractivity contribution in [3.63, 3.8) is 0 Å². The van der Waals surface area contributed by atoms with Crippen molar-refractivity contribution < 1.29 is 13.3 Å². The molecule has 1 aliphatic heterocycles. The van der Waals surface area contributed by atoms with E-state index in [2.05, 4.69) is 0 Å². The molecule has 1 aliphatic rings. The van der Waals surface area contributed by atoms with Gasteiger partial charge in [0.15, 0.2) is 5.00 Å². The van der Waals surface area contributed by atoms with Crippen molar-refractivity contribution in [2.24, 2.45) is 0 Å². The third-order valence-corrected chi connectivity index (χ3v) is 7.09. The van der Waals surface area contributed by atoms with Crippen molar-refractivity contribution in [3.05, 3.63) is 16.2 Å². The first-order chi connectivity index (χ1) is 9.25. The van der Waals surface area contributed by atoms with Crippen LogP contribution in [-0.4, -0.2) is 29.7 Å². The predicted molar refractivity (Wildman–Crippen MR) is 77.2 cm³/mol. The average Bonchev–Trinajstić information content (AvgIpc) is 2.71. The Hall–Kier alpha value is -1.19. The van der Waals surface area contributed by atoms with Gasteiger partial charge >= 0.3 is 5.69 Å². The maximum absolute atomic E-state index is 12.7. The largest absolute Gasteiger partial charge is 0.385 e. The lowest BCUT2D eigenvalue weighted by Gasteiger charge is -2.37. The van der Waals surface area contributed by atoms with Crippen LogP contribution in [0.5, 0.6) is 0 Å². The van der Waals surface area contributed by atoms with Gasteiger partial charge in [-0.05, 0) is 26.7 Å². The van der Waals surface area contributed by atoms with Crippen LogP contribution in [0, 0.1) is 10.1 Å². The molecule has 1 aromatic rings. The third kappa shape index (κ3) is 2.52. The highest BCUT2D eigenvalue weighted by Gasteiger charge is 2.38. The SMILES string of the molecule is C[C@@H]1CCC[C@H](C)N1S(=O)(=O)c1cc([N+](=O)[O-])c(N)s1. The second kappa shape index (κ2) is 5.30. The summed E-state index contributed by atoms with van der Waals surface area (Å²) in [7, 11) is -3.73. The van der Waals surface area contributed by atoms with Crippen molar-refractivity contribution in [1.29, 1.82) is 0 Å². The van der Waals surface area contributed by atoms with Crippen LogP contribution in [0.15, 0.2) is 10.3 Å². The summed E-state index contributed by atoms with van der Waals surface area (Å²) in [6.07, 6.45) is 2.58. The van der Waals surface area contributed by atoms with Gasteiger partial charge in [-0.3, -0.25) is 10.1 Å². The van der Waals surface area contributed by atoms with Gasteiger partial charge in [0.25, 0.3) is 10.0 Å². The van der Waals surface area contributed by atoms with E-state index < -0.39 is 14.9 Å². The minimum Gasteiger partial charge on any atom is -0.385 e. The summed E-state index contributed by atoms with van der Waals surface area (Å²) >= 11 is 0.754. The van der Waals surface area contributed by atoms with Gasteiger partial charge in [0.1, 0.15) is 4.21 Å². The minimum atomic E-state index is -3.73. The molecule has 1 saturated heterocycles. The van der Waals surface area contributed by atoms with E-state index >= 15 is 0 Å². The molecule has 0 aromatic carbocycles. The minimum absolute atomic E-state index is 0.0534. The molecule has 112 valence electrons. The zero-order chi connectivity index (χ0) is 15.1. The third-order valence-electron chi connectivity index (χ3n) is 3.56. The quantitative estimate of drug-likeness (QED) is 0.679. The summed E-state index contributed by atoms with van der Waals surface area (Å²) in [6.45, 7) is 3.72. The number of hydrogen-bond acceptors (Lipinski definition) is 6. The number of nitrogen functional groups attached to an aromatic ring is 1. The zero-order valence-corrected chi connectivity index (χ0v) is 12.9. The smallest absolute Gasteiger partial charge is 0.304 e. The van der Waals surface area contributed by atoms with Gasteiger partial charge < -0.3 is 5.73 Å². The summed E-state index contributed by atoms with van der Waals surface area (Å²) in [5, 5.41) is 10.7. The van der Waals surface area contributed by atoms with Crippen LogP contribution in [0.2, 0.25) is 0 Å². The van der Waals surface area contributed by atoms with E-state index in [1.54, 1.807) is 0 Å². The summed E-state index contributed by atoms with van der Waals surface area (Å²) in [5.74, 6) is 0. The molecule has 2 atom stereocenters. The first-order valence-electron chi connectivity index (χ1n) is 6.32. The van der Waals surface area contributed by atoms with E-state index in [1.807, 2.05) is 13.8 Å². The predicted octanol–water partition coefficient (Wildman–Crippen LogP) is 2.19. The summed E-state index contributed by atoms with van der Waals surface area (Å²) in [5.41, 5.74) is 5.19. The molecule has 2 N–H and O–H groups in total. The summed E-state index contributed by atoms with van der Waals surface area (Å²) < 4.78 is 26.7. The lowest BCUT2D eigenvalue weighted by Crippen LogP contribution is -2.47. The Morgan fingerprint density at radius 1 is 1.40 bits per heavy atom. The molecule has 2 heterocycles. The van der Waals surface area contributed by atoms with E-state index in [4.69, 9.17) is 5.73 Å². The van der Waals surface area contributed by atoms with Crippen molar-refractivity contribution in [2.75, 3.05) is 5.73 Å². The van der Waals surface area contributed by atoms with Gasteiger partial charge in [-0.25, -0.2) is 8.42 Å². The van der Waals surface area contributed by atoms with Crippen molar-refractivity contribution in [2.45, 2.75) is 49.4 Å². The van der Waals surface area contributed by atoms with Crippen LogP contribution in [-0.2, 0) is 10.0 Å². The molecule has 1 aromatic heterocycles. The fourth-order valence-electron chi connectivity index (χ4n) is 2.62. The molecule has 0 spiro atoms. The number of rotatable bonds is 3. The van der Waals surface area contributed by atoms with Crippen LogP contribution >= 0.6 is 11.3 Å². The molecule has 0 amide bonds. The molecule has 20 heavy (non-hydrogen) atoms. The Bertz CT molecular complexity index is 616. The maximum atomic E-state index is 12.7. The molecule has 0 unspecified atom stereocenters. The van der Waals surface area contributed by atoms with Gasteiger partial charge in [-0.15, -0.1) is 0 Å². The number of piperidine rings is 1. The summed E-state index contributed by atoms with van der Waals surface area (Å²) in [6, 6.07) is 0.848. The lowest BCUT2D eigenvalue weighted by molar-refractivity contribution is -0.383. The standard InChI is InChI=1S/C11H17N3O4S2/c1-7-4-3-5-8(2)13(7)20(17,18)10-6-9(14(15)16)11(12)19-10/h6-8H,3-5,12H2,1-2H3/t7-,8+. The fraction of sp³-hybridized carbons (Fsp3) is 0.636. The molecular formula is C11H17N3O4S2. The molecule has 2 rings (SSSR count). The molecule has 0 saturated carbocycles. The van der Waals surface area contributed by atoms with E-state index in [-0.39, 0.29) is 27.0 Å². The van der Waals surface area contributed by atoms with Crippen LogP contribution in [0.3, 0.4) is 0 Å². The second-order valence-electron chi connectivity index (χ2n) is 5.04. The lowest BCUT2D eigenvalue weighted by atomic mass is 10.0. The number of hydrogen-bond donors (Lipinski definition) is 1. The Kier molecular flexibility index (Phi) is 4.03. The highest BCUT2D eigenvalue weighted by Crippen LogP contribution is 2.38. The summed E-state index contributed by atoms with van der Waals surface area (Å²) in [4.78, 5) is 10.1. The van der Waals surface area contributed by atoms with E-state index in [9.17, 15) is 18.5 Å². The number of nitrogens with zero attached hydrogens (tertiary/aromatic N) is 2. The normalized spacial score (nSPS) is 24.7. The van der Waals surface area contributed by atoms with Gasteiger partial charge in [-0.1, -0.05) is 17.8 Å². The number of anilines is 1. The number of thiophene rings is 1. The first kappa shape index (κ1) is 15.2. The Balaban J connectivity index is 2.44. The van der Waals surface area contributed by atoms with Gasteiger partial charge in [-0.2, -0.15) is 4.31 Å². The molecule has 0 radical (unpaired) electrons. The second-order valence-corrected chi connectivity index (χ2v) is 8.19. The molecule has 1 fully saturated rings. The first-order valence-corrected chi connectivity index (χ1v) is 8.58. The fourth-order valence-corrected chi connectivity index (χ4v) is 5.82.